The minimum absolute atomic E-state index is 0.00202. The van der Waals surface area contributed by atoms with Crippen molar-refractivity contribution >= 4 is 11.9 Å². The minimum atomic E-state index is -0.881. The lowest BCUT2D eigenvalue weighted by molar-refractivity contribution is -0.137. The average molecular weight is 265 g/mol. The van der Waals surface area contributed by atoms with E-state index < -0.39 is 18.0 Å². The zero-order valence-corrected chi connectivity index (χ0v) is 11.4. The number of hydrogen-bond donors (Lipinski definition) is 2. The van der Waals surface area contributed by atoms with E-state index in [0.717, 1.165) is 16.7 Å². The lowest BCUT2D eigenvalue weighted by Crippen LogP contribution is -2.15. The maximum atomic E-state index is 11.6. The van der Waals surface area contributed by atoms with E-state index in [-0.39, 0.29) is 6.42 Å². The molecule has 1 unspecified atom stereocenters. The number of hydrogen-bond acceptors (Lipinski definition) is 4. The molecule has 0 aromatic heterocycles. The standard InChI is InChI=1S/C14H19NO4/c1-8-6-9(2)11(14(18)19-3)7-10(8)12(15)4-5-13(16)17/h6-7,12H,4-5,15H2,1-3H3,(H,16,17). The van der Waals surface area contributed by atoms with Gasteiger partial charge in [0.1, 0.15) is 0 Å². The highest BCUT2D eigenvalue weighted by atomic mass is 16.5. The Morgan fingerprint density at radius 2 is 1.95 bits per heavy atom. The first-order valence-electron chi connectivity index (χ1n) is 6.03. The second kappa shape index (κ2) is 6.33. The van der Waals surface area contributed by atoms with Crippen LogP contribution in [0.3, 0.4) is 0 Å². The molecule has 0 amide bonds. The van der Waals surface area contributed by atoms with Gasteiger partial charge in [0, 0.05) is 12.5 Å². The molecule has 0 aliphatic rings. The number of esters is 1. The third-order valence-electron chi connectivity index (χ3n) is 3.09. The molecule has 5 nitrogen and oxygen atoms in total. The maximum absolute atomic E-state index is 11.6. The first-order valence-corrected chi connectivity index (χ1v) is 6.03. The highest BCUT2D eigenvalue weighted by molar-refractivity contribution is 5.91. The van der Waals surface area contributed by atoms with Crippen LogP contribution in [0.2, 0.25) is 0 Å². The molecule has 0 saturated heterocycles. The number of nitrogens with two attached hydrogens (primary N) is 1. The summed E-state index contributed by atoms with van der Waals surface area (Å²) >= 11 is 0. The van der Waals surface area contributed by atoms with Gasteiger partial charge in [0.2, 0.25) is 0 Å². The van der Waals surface area contributed by atoms with Gasteiger partial charge in [-0.15, -0.1) is 0 Å². The van der Waals surface area contributed by atoms with Gasteiger partial charge in [0.05, 0.1) is 12.7 Å². The number of carboxylic acids is 1. The quantitative estimate of drug-likeness (QED) is 0.794. The first kappa shape index (κ1) is 15.2. The van der Waals surface area contributed by atoms with Crippen LogP contribution in [0, 0.1) is 13.8 Å². The topological polar surface area (TPSA) is 89.6 Å². The van der Waals surface area contributed by atoms with Gasteiger partial charge < -0.3 is 15.6 Å². The molecule has 19 heavy (non-hydrogen) atoms. The Morgan fingerprint density at radius 1 is 1.32 bits per heavy atom. The molecule has 0 saturated carbocycles. The van der Waals surface area contributed by atoms with E-state index in [1.807, 2.05) is 19.9 Å². The van der Waals surface area contributed by atoms with E-state index in [9.17, 15) is 9.59 Å². The number of carboxylic acid groups (broad SMARTS) is 1. The molecule has 0 aliphatic heterocycles. The molecule has 1 rings (SSSR count). The normalized spacial score (nSPS) is 12.0. The van der Waals surface area contributed by atoms with Crippen molar-refractivity contribution in [3.63, 3.8) is 0 Å². The number of carbonyl (C=O) groups excluding carboxylic acids is 1. The van der Waals surface area contributed by atoms with Crippen LogP contribution in [0.5, 0.6) is 0 Å². The van der Waals surface area contributed by atoms with Crippen molar-refractivity contribution in [3.05, 3.63) is 34.4 Å². The van der Waals surface area contributed by atoms with Gasteiger partial charge in [-0.25, -0.2) is 4.79 Å². The van der Waals surface area contributed by atoms with Gasteiger partial charge in [-0.05, 0) is 43.0 Å². The third kappa shape index (κ3) is 3.79. The molecule has 0 fully saturated rings. The molecule has 104 valence electrons. The van der Waals surface area contributed by atoms with Crippen molar-refractivity contribution in [2.24, 2.45) is 5.73 Å². The highest BCUT2D eigenvalue weighted by Crippen LogP contribution is 2.24. The van der Waals surface area contributed by atoms with Crippen LogP contribution in [0.1, 0.15) is 45.9 Å². The van der Waals surface area contributed by atoms with Gasteiger partial charge >= 0.3 is 11.9 Å². The monoisotopic (exact) mass is 265 g/mol. The molecule has 1 aromatic rings. The number of rotatable bonds is 5. The van der Waals surface area contributed by atoms with Crippen molar-refractivity contribution in [2.45, 2.75) is 32.7 Å². The Morgan fingerprint density at radius 3 is 2.47 bits per heavy atom. The van der Waals surface area contributed by atoms with Gasteiger partial charge in [-0.3, -0.25) is 4.79 Å². The van der Waals surface area contributed by atoms with Crippen molar-refractivity contribution < 1.29 is 19.4 Å². The van der Waals surface area contributed by atoms with Crippen LogP contribution < -0.4 is 5.73 Å². The van der Waals surface area contributed by atoms with Gasteiger partial charge in [-0.2, -0.15) is 0 Å². The SMILES string of the molecule is COC(=O)c1cc(C(N)CCC(=O)O)c(C)cc1C. The Hall–Kier alpha value is -1.88. The summed E-state index contributed by atoms with van der Waals surface area (Å²) in [6, 6.07) is 3.16. The second-order valence-corrected chi connectivity index (χ2v) is 4.55. The Labute approximate surface area is 112 Å². The molecule has 1 atom stereocenters. The molecule has 5 heteroatoms. The van der Waals surface area contributed by atoms with Gasteiger partial charge in [0.15, 0.2) is 0 Å². The van der Waals surface area contributed by atoms with Crippen molar-refractivity contribution in [1.82, 2.24) is 0 Å². The van der Waals surface area contributed by atoms with Crippen LogP contribution >= 0.6 is 0 Å². The maximum Gasteiger partial charge on any atom is 0.338 e. The lowest BCUT2D eigenvalue weighted by Gasteiger charge is -2.16. The summed E-state index contributed by atoms with van der Waals surface area (Å²) in [5.74, 6) is -1.29. The zero-order chi connectivity index (χ0) is 14.6. The Balaban J connectivity index is 3.06. The molecular weight excluding hydrogens is 246 g/mol. The molecule has 0 aliphatic carbocycles. The van der Waals surface area contributed by atoms with Crippen molar-refractivity contribution in [1.29, 1.82) is 0 Å². The molecule has 0 radical (unpaired) electrons. The van der Waals surface area contributed by atoms with Gasteiger partial charge in [-0.1, -0.05) is 6.07 Å². The number of methoxy groups -OCH3 is 1. The average Bonchev–Trinajstić information content (AvgIpc) is 2.35. The summed E-state index contributed by atoms with van der Waals surface area (Å²) in [5.41, 5.74) is 9.01. The molecule has 1 aromatic carbocycles. The summed E-state index contributed by atoms with van der Waals surface area (Å²) in [6.45, 7) is 3.72. The summed E-state index contributed by atoms with van der Waals surface area (Å²) in [4.78, 5) is 22.2. The fourth-order valence-corrected chi connectivity index (χ4v) is 2.03. The summed E-state index contributed by atoms with van der Waals surface area (Å²) in [5, 5.41) is 8.67. The van der Waals surface area contributed by atoms with Crippen LogP contribution in [-0.2, 0) is 9.53 Å². The number of aryl methyl sites for hydroxylation is 2. The fraction of sp³-hybridized carbons (Fsp3) is 0.429. The fourth-order valence-electron chi connectivity index (χ4n) is 2.03. The van der Waals surface area contributed by atoms with Crippen LogP contribution in [0.25, 0.3) is 0 Å². The first-order chi connectivity index (χ1) is 8.86. The largest absolute Gasteiger partial charge is 0.481 e. The Bertz CT molecular complexity index is 496. The summed E-state index contributed by atoms with van der Waals surface area (Å²) < 4.78 is 4.72. The predicted molar refractivity (Wildman–Crippen MR) is 71.1 cm³/mol. The number of benzene rings is 1. The minimum Gasteiger partial charge on any atom is -0.481 e. The van der Waals surface area contributed by atoms with Crippen LogP contribution in [0.15, 0.2) is 12.1 Å². The smallest absolute Gasteiger partial charge is 0.338 e. The zero-order valence-electron chi connectivity index (χ0n) is 11.4. The third-order valence-corrected chi connectivity index (χ3v) is 3.09. The molecule has 3 N–H and O–H groups in total. The summed E-state index contributed by atoms with van der Waals surface area (Å²) in [7, 11) is 1.33. The lowest BCUT2D eigenvalue weighted by atomic mass is 9.93. The van der Waals surface area contributed by atoms with E-state index in [2.05, 4.69) is 0 Å². The molecule has 0 bridgehead atoms. The van der Waals surface area contributed by atoms with E-state index in [1.54, 1.807) is 6.07 Å². The summed E-state index contributed by atoms with van der Waals surface area (Å²) in [6.07, 6.45) is 0.335. The molecule has 0 heterocycles. The predicted octanol–water partition coefficient (Wildman–Crippen LogP) is 1.95. The highest BCUT2D eigenvalue weighted by Gasteiger charge is 2.16. The van der Waals surface area contributed by atoms with Crippen molar-refractivity contribution in [2.75, 3.05) is 7.11 Å². The van der Waals surface area contributed by atoms with Gasteiger partial charge in [0.25, 0.3) is 0 Å². The molecular formula is C14H19NO4. The van der Waals surface area contributed by atoms with E-state index in [4.69, 9.17) is 15.6 Å². The van der Waals surface area contributed by atoms with Crippen molar-refractivity contribution in [3.8, 4) is 0 Å². The second-order valence-electron chi connectivity index (χ2n) is 4.55. The Kier molecular flexibility index (Phi) is 5.06. The van der Waals surface area contributed by atoms with Crippen LogP contribution in [-0.4, -0.2) is 24.2 Å². The van der Waals surface area contributed by atoms with E-state index >= 15 is 0 Å². The number of aliphatic carboxylic acids is 1. The number of ether oxygens (including phenoxy) is 1. The van der Waals surface area contributed by atoms with E-state index in [0.29, 0.717) is 12.0 Å². The number of carbonyl (C=O) groups is 2. The van der Waals surface area contributed by atoms with E-state index in [1.165, 1.54) is 7.11 Å². The van der Waals surface area contributed by atoms with Crippen LogP contribution in [0.4, 0.5) is 0 Å². The molecule has 0 spiro atoms.